The summed E-state index contributed by atoms with van der Waals surface area (Å²) in [5.74, 6) is 0. The first-order valence-electron chi connectivity index (χ1n) is 7.11. The van der Waals surface area contributed by atoms with Crippen molar-refractivity contribution in [1.82, 2.24) is 10.2 Å². The lowest BCUT2D eigenvalue weighted by molar-refractivity contribution is 0.187. The number of hydrogen-bond donors (Lipinski definition) is 1. The number of aryl methyl sites for hydroxylation is 1. The lowest BCUT2D eigenvalue weighted by Gasteiger charge is -2.31. The maximum absolute atomic E-state index is 12.5. The minimum absolute atomic E-state index is 0.164. The van der Waals surface area contributed by atoms with E-state index in [0.717, 1.165) is 38.3 Å². The number of nitrogens with zero attached hydrogens (tertiary/aromatic N) is 2. The minimum atomic E-state index is 0.164. The molecule has 2 heterocycles. The second-order valence-electron chi connectivity index (χ2n) is 5.46. The van der Waals surface area contributed by atoms with Gasteiger partial charge >= 0.3 is 6.03 Å². The van der Waals surface area contributed by atoms with Crippen molar-refractivity contribution in [2.75, 3.05) is 31.1 Å². The summed E-state index contributed by atoms with van der Waals surface area (Å²) in [5, 5.41) is 3.38. The summed E-state index contributed by atoms with van der Waals surface area (Å²) >= 11 is 0. The van der Waals surface area contributed by atoms with Crippen LogP contribution in [0.15, 0.2) is 24.3 Å². The predicted molar refractivity (Wildman–Crippen MR) is 76.5 cm³/mol. The van der Waals surface area contributed by atoms with Crippen molar-refractivity contribution < 1.29 is 4.79 Å². The van der Waals surface area contributed by atoms with E-state index in [2.05, 4.69) is 24.4 Å². The average molecular weight is 259 g/mol. The summed E-state index contributed by atoms with van der Waals surface area (Å²) in [7, 11) is 0. The third kappa shape index (κ3) is 2.45. The summed E-state index contributed by atoms with van der Waals surface area (Å²) in [6, 6.07) is 8.74. The van der Waals surface area contributed by atoms with Gasteiger partial charge in [-0.1, -0.05) is 17.7 Å². The molecule has 2 fully saturated rings. The molecule has 2 aliphatic heterocycles. The van der Waals surface area contributed by atoms with E-state index in [9.17, 15) is 4.79 Å². The van der Waals surface area contributed by atoms with Crippen molar-refractivity contribution in [3.05, 3.63) is 29.8 Å². The highest BCUT2D eigenvalue weighted by Crippen LogP contribution is 2.23. The van der Waals surface area contributed by atoms with Gasteiger partial charge in [0, 0.05) is 31.4 Å². The first kappa shape index (κ1) is 12.5. The van der Waals surface area contributed by atoms with Crippen molar-refractivity contribution in [3.63, 3.8) is 0 Å². The Hall–Kier alpha value is -1.55. The Balaban J connectivity index is 1.72. The fourth-order valence-electron chi connectivity index (χ4n) is 2.96. The van der Waals surface area contributed by atoms with E-state index < -0.39 is 0 Å². The molecule has 1 N–H and O–H groups in total. The second kappa shape index (κ2) is 5.21. The van der Waals surface area contributed by atoms with Gasteiger partial charge in [-0.3, -0.25) is 4.90 Å². The highest BCUT2D eigenvalue weighted by Gasteiger charge is 2.34. The first-order chi connectivity index (χ1) is 9.25. The molecule has 2 amide bonds. The van der Waals surface area contributed by atoms with Crippen molar-refractivity contribution in [2.45, 2.75) is 25.8 Å². The summed E-state index contributed by atoms with van der Waals surface area (Å²) in [6.45, 7) is 5.74. The standard InChI is InChI=1S/C15H21N3O/c1-12-4-6-13(7-5-12)17-9-10-18(15(17)19)14-3-2-8-16-11-14/h4-7,14,16H,2-3,8-11H2,1H3. The summed E-state index contributed by atoms with van der Waals surface area (Å²) in [4.78, 5) is 16.4. The lowest BCUT2D eigenvalue weighted by Crippen LogP contribution is -2.47. The highest BCUT2D eigenvalue weighted by molar-refractivity contribution is 5.94. The molecule has 4 nitrogen and oxygen atoms in total. The van der Waals surface area contributed by atoms with E-state index in [1.165, 1.54) is 12.0 Å². The van der Waals surface area contributed by atoms with E-state index in [0.29, 0.717) is 6.04 Å². The van der Waals surface area contributed by atoms with E-state index >= 15 is 0 Å². The predicted octanol–water partition coefficient (Wildman–Crippen LogP) is 1.99. The van der Waals surface area contributed by atoms with Crippen molar-refractivity contribution in [2.24, 2.45) is 0 Å². The van der Waals surface area contributed by atoms with E-state index in [4.69, 9.17) is 0 Å². The molecule has 102 valence electrons. The molecular formula is C15H21N3O. The van der Waals surface area contributed by atoms with Crippen LogP contribution in [0.4, 0.5) is 10.5 Å². The maximum atomic E-state index is 12.5. The van der Waals surface area contributed by atoms with Gasteiger partial charge in [-0.15, -0.1) is 0 Å². The Bertz CT molecular complexity index is 451. The van der Waals surface area contributed by atoms with Crippen molar-refractivity contribution in [1.29, 1.82) is 0 Å². The molecule has 2 saturated heterocycles. The van der Waals surface area contributed by atoms with E-state index in [-0.39, 0.29) is 6.03 Å². The minimum Gasteiger partial charge on any atom is -0.318 e. The molecule has 19 heavy (non-hydrogen) atoms. The number of carbonyl (C=O) groups excluding carboxylic acids is 1. The molecule has 0 spiro atoms. The molecule has 0 aromatic heterocycles. The Morgan fingerprint density at radius 3 is 2.68 bits per heavy atom. The number of piperidine rings is 1. The van der Waals surface area contributed by atoms with Crippen LogP contribution < -0.4 is 10.2 Å². The molecule has 1 aromatic carbocycles. The Morgan fingerprint density at radius 2 is 2.00 bits per heavy atom. The molecule has 0 aliphatic carbocycles. The molecule has 0 radical (unpaired) electrons. The van der Waals surface area contributed by atoms with Crippen LogP contribution in [-0.4, -0.2) is 43.2 Å². The molecule has 4 heteroatoms. The van der Waals surface area contributed by atoms with Crippen LogP contribution in [0.5, 0.6) is 0 Å². The zero-order valence-electron chi connectivity index (χ0n) is 11.4. The number of benzene rings is 1. The lowest BCUT2D eigenvalue weighted by atomic mass is 10.1. The number of amides is 2. The van der Waals surface area contributed by atoms with Crippen molar-refractivity contribution in [3.8, 4) is 0 Å². The fourth-order valence-corrected chi connectivity index (χ4v) is 2.96. The van der Waals surface area contributed by atoms with E-state index in [1.807, 2.05) is 21.9 Å². The summed E-state index contributed by atoms with van der Waals surface area (Å²) in [6.07, 6.45) is 2.29. The number of hydrogen-bond acceptors (Lipinski definition) is 2. The van der Waals surface area contributed by atoms with Gasteiger partial charge in [-0.2, -0.15) is 0 Å². The summed E-state index contributed by atoms with van der Waals surface area (Å²) in [5.41, 5.74) is 2.24. The molecule has 2 aliphatic rings. The van der Waals surface area contributed by atoms with Gasteiger partial charge < -0.3 is 10.2 Å². The SMILES string of the molecule is Cc1ccc(N2CCN(C3CCCNC3)C2=O)cc1. The molecule has 1 atom stereocenters. The van der Waals surface area contributed by atoms with Crippen LogP contribution in [0.2, 0.25) is 0 Å². The third-order valence-corrected chi connectivity index (χ3v) is 4.10. The third-order valence-electron chi connectivity index (χ3n) is 4.10. The number of urea groups is 1. The number of carbonyl (C=O) groups is 1. The summed E-state index contributed by atoms with van der Waals surface area (Å²) < 4.78 is 0. The smallest absolute Gasteiger partial charge is 0.318 e. The molecule has 0 saturated carbocycles. The van der Waals surface area contributed by atoms with Crippen molar-refractivity contribution >= 4 is 11.7 Å². The molecule has 1 aromatic rings. The largest absolute Gasteiger partial charge is 0.324 e. The Morgan fingerprint density at radius 1 is 1.21 bits per heavy atom. The molecule has 3 rings (SSSR count). The zero-order valence-corrected chi connectivity index (χ0v) is 11.4. The van der Waals surface area contributed by atoms with Crippen LogP contribution in [0.3, 0.4) is 0 Å². The fraction of sp³-hybridized carbons (Fsp3) is 0.533. The van der Waals surface area contributed by atoms with Gasteiger partial charge in [0.05, 0.1) is 0 Å². The first-order valence-corrected chi connectivity index (χ1v) is 7.11. The van der Waals surface area contributed by atoms with Gasteiger partial charge in [0.25, 0.3) is 0 Å². The van der Waals surface area contributed by atoms with Gasteiger partial charge in [0.15, 0.2) is 0 Å². The van der Waals surface area contributed by atoms with Gasteiger partial charge in [0.1, 0.15) is 0 Å². The Labute approximate surface area is 114 Å². The van der Waals surface area contributed by atoms with Gasteiger partial charge in [0.2, 0.25) is 0 Å². The van der Waals surface area contributed by atoms with Crippen LogP contribution in [-0.2, 0) is 0 Å². The number of rotatable bonds is 2. The number of anilines is 1. The van der Waals surface area contributed by atoms with Crippen LogP contribution in [0, 0.1) is 6.92 Å². The van der Waals surface area contributed by atoms with Gasteiger partial charge in [-0.05, 0) is 38.4 Å². The highest BCUT2D eigenvalue weighted by atomic mass is 16.2. The zero-order chi connectivity index (χ0) is 13.2. The van der Waals surface area contributed by atoms with Crippen LogP contribution in [0.1, 0.15) is 18.4 Å². The van der Waals surface area contributed by atoms with E-state index in [1.54, 1.807) is 0 Å². The Kier molecular flexibility index (Phi) is 3.42. The number of nitrogens with one attached hydrogen (secondary N) is 1. The van der Waals surface area contributed by atoms with Crippen LogP contribution in [0.25, 0.3) is 0 Å². The topological polar surface area (TPSA) is 35.6 Å². The molecule has 0 bridgehead atoms. The monoisotopic (exact) mass is 259 g/mol. The van der Waals surface area contributed by atoms with Gasteiger partial charge in [-0.25, -0.2) is 4.79 Å². The maximum Gasteiger partial charge on any atom is 0.324 e. The second-order valence-corrected chi connectivity index (χ2v) is 5.46. The molecular weight excluding hydrogens is 238 g/mol. The van der Waals surface area contributed by atoms with Crippen LogP contribution >= 0.6 is 0 Å². The normalized spacial score (nSPS) is 24.1. The average Bonchev–Trinajstić information content (AvgIpc) is 2.83. The molecule has 1 unspecified atom stereocenters. The quantitative estimate of drug-likeness (QED) is 0.881.